The molecule has 26 heavy (non-hydrogen) atoms. The van der Waals surface area contributed by atoms with Gasteiger partial charge in [-0.05, 0) is 36.4 Å². The molecule has 0 unspecified atom stereocenters. The van der Waals surface area contributed by atoms with E-state index in [9.17, 15) is 4.79 Å². The Morgan fingerprint density at radius 2 is 1.69 bits per heavy atom. The second-order valence-corrected chi connectivity index (χ2v) is 5.55. The number of nitrogens with one attached hydrogen (secondary N) is 1. The average Bonchev–Trinajstić information content (AvgIpc) is 2.70. The molecule has 0 saturated heterocycles. The second kappa shape index (κ2) is 6.98. The van der Waals surface area contributed by atoms with Gasteiger partial charge in [-0.2, -0.15) is 5.10 Å². The molecule has 0 aliphatic rings. The summed E-state index contributed by atoms with van der Waals surface area (Å²) in [6, 6.07) is 22.1. The summed E-state index contributed by atoms with van der Waals surface area (Å²) in [7, 11) is 0. The van der Waals surface area contributed by atoms with Gasteiger partial charge in [0, 0.05) is 6.20 Å². The molecule has 0 radical (unpaired) electrons. The van der Waals surface area contributed by atoms with Crippen LogP contribution in [0.5, 0.6) is 0 Å². The molecule has 0 aliphatic heterocycles. The number of anilines is 1. The molecular weight excluding hydrogens is 326 g/mol. The largest absolute Gasteiger partial charge is 0.268 e. The normalized spacial score (nSPS) is 11.1. The third-order valence-corrected chi connectivity index (χ3v) is 3.84. The molecule has 2 aromatic heterocycles. The summed E-state index contributed by atoms with van der Waals surface area (Å²) in [5.41, 5.74) is 4.75. The van der Waals surface area contributed by atoms with Crippen LogP contribution >= 0.6 is 0 Å². The number of rotatable bonds is 4. The number of hydrazone groups is 1. The van der Waals surface area contributed by atoms with Crippen LogP contribution in [0, 0.1) is 0 Å². The van der Waals surface area contributed by atoms with Crippen LogP contribution < -0.4 is 11.0 Å². The highest BCUT2D eigenvalue weighted by atomic mass is 16.1. The monoisotopic (exact) mass is 341 g/mol. The molecule has 6 heteroatoms. The number of benzene rings is 2. The van der Waals surface area contributed by atoms with Crippen molar-refractivity contribution < 1.29 is 0 Å². The lowest BCUT2D eigenvalue weighted by Gasteiger charge is -2.12. The fourth-order valence-electron chi connectivity index (χ4n) is 2.63. The van der Waals surface area contributed by atoms with Gasteiger partial charge in [-0.1, -0.05) is 36.4 Å². The van der Waals surface area contributed by atoms with Crippen LogP contribution in [0.4, 0.5) is 5.95 Å². The van der Waals surface area contributed by atoms with Gasteiger partial charge in [-0.25, -0.2) is 15.0 Å². The first-order chi connectivity index (χ1) is 12.8. The van der Waals surface area contributed by atoms with E-state index in [1.807, 2.05) is 60.7 Å². The Morgan fingerprint density at radius 3 is 2.50 bits per heavy atom. The molecule has 0 atom stereocenters. The summed E-state index contributed by atoms with van der Waals surface area (Å²) in [6.07, 6.45) is 3.27. The zero-order valence-corrected chi connectivity index (χ0v) is 13.8. The molecule has 0 spiro atoms. The van der Waals surface area contributed by atoms with Crippen LogP contribution in [-0.2, 0) is 0 Å². The smallest absolute Gasteiger partial charge is 0.267 e. The lowest BCUT2D eigenvalue weighted by molar-refractivity contribution is 0.956. The van der Waals surface area contributed by atoms with Crippen molar-refractivity contribution in [3.05, 3.63) is 95.0 Å². The van der Waals surface area contributed by atoms with E-state index >= 15 is 0 Å². The van der Waals surface area contributed by atoms with E-state index in [1.165, 1.54) is 4.57 Å². The number of hydrogen-bond donors (Lipinski definition) is 1. The topological polar surface area (TPSA) is 72.2 Å². The van der Waals surface area contributed by atoms with Crippen molar-refractivity contribution in [1.29, 1.82) is 0 Å². The molecule has 0 amide bonds. The lowest BCUT2D eigenvalue weighted by Crippen LogP contribution is -2.22. The maximum atomic E-state index is 13.0. The second-order valence-electron chi connectivity index (χ2n) is 5.55. The molecule has 0 aliphatic carbocycles. The van der Waals surface area contributed by atoms with Gasteiger partial charge in [0.05, 0.1) is 28.5 Å². The number of hydrogen-bond acceptors (Lipinski definition) is 5. The van der Waals surface area contributed by atoms with E-state index < -0.39 is 0 Å². The number of nitrogens with zero attached hydrogens (tertiary/aromatic N) is 4. The SMILES string of the molecule is O=c1c2ccccc2nc(NN=Cc2ccccn2)n1-c1ccccc1. The summed E-state index contributed by atoms with van der Waals surface area (Å²) in [5, 5.41) is 4.74. The van der Waals surface area contributed by atoms with E-state index in [0.29, 0.717) is 28.2 Å². The van der Waals surface area contributed by atoms with Crippen LogP contribution in [0.25, 0.3) is 16.6 Å². The predicted molar refractivity (Wildman–Crippen MR) is 103 cm³/mol. The van der Waals surface area contributed by atoms with Crippen LogP contribution in [0.1, 0.15) is 5.69 Å². The minimum atomic E-state index is -0.155. The molecule has 0 fully saturated rings. The fourth-order valence-corrected chi connectivity index (χ4v) is 2.63. The number of fused-ring (bicyclic) bond motifs is 1. The van der Waals surface area contributed by atoms with E-state index in [0.717, 1.165) is 0 Å². The third-order valence-electron chi connectivity index (χ3n) is 3.84. The Kier molecular flexibility index (Phi) is 4.22. The molecule has 6 nitrogen and oxygen atoms in total. The van der Waals surface area contributed by atoms with Crippen molar-refractivity contribution in [2.75, 3.05) is 5.43 Å². The first kappa shape index (κ1) is 15.7. The maximum Gasteiger partial charge on any atom is 0.267 e. The van der Waals surface area contributed by atoms with Crippen LogP contribution in [-0.4, -0.2) is 20.7 Å². The first-order valence-corrected chi connectivity index (χ1v) is 8.10. The predicted octanol–water partition coefficient (Wildman–Crippen LogP) is 3.23. The Hall–Kier alpha value is -3.80. The van der Waals surface area contributed by atoms with Crippen molar-refractivity contribution in [1.82, 2.24) is 14.5 Å². The van der Waals surface area contributed by atoms with Gasteiger partial charge in [-0.15, -0.1) is 0 Å². The molecular formula is C20H15N5O. The average molecular weight is 341 g/mol. The zero-order chi connectivity index (χ0) is 17.8. The summed E-state index contributed by atoms with van der Waals surface area (Å²) < 4.78 is 1.51. The highest BCUT2D eigenvalue weighted by molar-refractivity contribution is 5.80. The van der Waals surface area contributed by atoms with Gasteiger partial charge in [0.15, 0.2) is 0 Å². The van der Waals surface area contributed by atoms with Crippen molar-refractivity contribution in [2.24, 2.45) is 5.10 Å². The van der Waals surface area contributed by atoms with Crippen LogP contribution in [0.15, 0.2) is 88.9 Å². The van der Waals surface area contributed by atoms with Gasteiger partial charge in [0.1, 0.15) is 0 Å². The summed E-state index contributed by atoms with van der Waals surface area (Å²) in [4.78, 5) is 21.7. The van der Waals surface area contributed by atoms with Crippen LogP contribution in [0.2, 0.25) is 0 Å². The summed E-state index contributed by atoms with van der Waals surface area (Å²) in [5.74, 6) is 0.340. The Bertz CT molecular complexity index is 1120. The molecule has 0 bridgehead atoms. The summed E-state index contributed by atoms with van der Waals surface area (Å²) in [6.45, 7) is 0. The van der Waals surface area contributed by atoms with Crippen molar-refractivity contribution in [3.8, 4) is 5.69 Å². The van der Waals surface area contributed by atoms with Crippen molar-refractivity contribution >= 4 is 23.1 Å². The van der Waals surface area contributed by atoms with Crippen LogP contribution in [0.3, 0.4) is 0 Å². The number of aromatic nitrogens is 3. The van der Waals surface area contributed by atoms with Gasteiger partial charge in [0.25, 0.3) is 5.56 Å². The lowest BCUT2D eigenvalue weighted by atomic mass is 10.2. The van der Waals surface area contributed by atoms with Gasteiger partial charge >= 0.3 is 0 Å². The highest BCUT2D eigenvalue weighted by Crippen LogP contribution is 2.16. The van der Waals surface area contributed by atoms with E-state index in [2.05, 4.69) is 20.5 Å². The quantitative estimate of drug-likeness (QED) is 0.457. The molecule has 126 valence electrons. The summed E-state index contributed by atoms with van der Waals surface area (Å²) >= 11 is 0. The zero-order valence-electron chi connectivity index (χ0n) is 13.8. The van der Waals surface area contributed by atoms with E-state index in [4.69, 9.17) is 0 Å². The number of para-hydroxylation sites is 2. The first-order valence-electron chi connectivity index (χ1n) is 8.10. The molecule has 1 N–H and O–H groups in total. The highest BCUT2D eigenvalue weighted by Gasteiger charge is 2.11. The Labute approximate surface area is 149 Å². The maximum absolute atomic E-state index is 13.0. The van der Waals surface area contributed by atoms with Crippen molar-refractivity contribution in [3.63, 3.8) is 0 Å². The Morgan fingerprint density at radius 1 is 0.923 bits per heavy atom. The fraction of sp³-hybridized carbons (Fsp3) is 0. The third kappa shape index (κ3) is 3.08. The molecule has 4 rings (SSSR count). The van der Waals surface area contributed by atoms with E-state index in [1.54, 1.807) is 24.5 Å². The molecule has 0 saturated carbocycles. The molecule has 4 aromatic rings. The number of pyridine rings is 1. The molecule has 2 aromatic carbocycles. The Balaban J connectivity index is 1.82. The standard InChI is InChI=1S/C20H15N5O/c26-19-17-11-4-5-12-18(17)23-20(25(19)16-9-2-1-3-10-16)24-22-14-15-8-6-7-13-21-15/h1-14H,(H,23,24). The molecule has 2 heterocycles. The van der Waals surface area contributed by atoms with E-state index in [-0.39, 0.29) is 5.56 Å². The minimum Gasteiger partial charge on any atom is -0.268 e. The van der Waals surface area contributed by atoms with Gasteiger partial charge in [0.2, 0.25) is 5.95 Å². The van der Waals surface area contributed by atoms with Crippen molar-refractivity contribution in [2.45, 2.75) is 0 Å². The van der Waals surface area contributed by atoms with Gasteiger partial charge < -0.3 is 0 Å². The van der Waals surface area contributed by atoms with Gasteiger partial charge in [-0.3, -0.25) is 9.78 Å². The minimum absolute atomic E-state index is 0.155.